The Bertz CT molecular complexity index is 1450. The first-order valence-corrected chi connectivity index (χ1v) is 12.6. The predicted molar refractivity (Wildman–Crippen MR) is 144 cm³/mol. The van der Waals surface area contributed by atoms with Crippen LogP contribution in [0.5, 0.6) is 5.75 Å². The van der Waals surface area contributed by atoms with Crippen LogP contribution in [0.2, 0.25) is 0 Å². The van der Waals surface area contributed by atoms with Crippen LogP contribution in [0.1, 0.15) is 27.0 Å². The van der Waals surface area contributed by atoms with Crippen LogP contribution < -0.4 is 15.6 Å². The fourth-order valence-corrected chi connectivity index (χ4v) is 4.91. The molecule has 1 aromatic heterocycles. The van der Waals surface area contributed by atoms with Crippen molar-refractivity contribution in [3.8, 4) is 11.4 Å². The van der Waals surface area contributed by atoms with Gasteiger partial charge in [-0.1, -0.05) is 35.5 Å². The minimum absolute atomic E-state index is 0.194. The second-order valence-corrected chi connectivity index (χ2v) is 9.37. The quantitative estimate of drug-likeness (QED) is 0.203. The van der Waals surface area contributed by atoms with E-state index >= 15 is 0 Å². The van der Waals surface area contributed by atoms with E-state index in [1.54, 1.807) is 37.0 Å². The molecule has 0 unspecified atom stereocenters. The molecule has 0 saturated carbocycles. The van der Waals surface area contributed by atoms with Gasteiger partial charge >= 0.3 is 0 Å². The number of rotatable bonds is 9. The molecule has 1 heterocycles. The third-order valence-corrected chi connectivity index (χ3v) is 6.87. The highest BCUT2D eigenvalue weighted by Gasteiger charge is 2.16. The third kappa shape index (κ3) is 5.61. The third-order valence-electron chi connectivity index (χ3n) is 5.88. The molecule has 7 nitrogen and oxygen atoms in total. The maximum absolute atomic E-state index is 13.7. The molecule has 1 N–H and O–H groups in total. The van der Waals surface area contributed by atoms with Gasteiger partial charge in [0.15, 0.2) is 5.16 Å². The van der Waals surface area contributed by atoms with Crippen molar-refractivity contribution in [2.75, 3.05) is 27.4 Å². The normalized spacial score (nSPS) is 11.0. The summed E-state index contributed by atoms with van der Waals surface area (Å²) >= 11 is 1.49. The molecule has 0 bridgehead atoms. The van der Waals surface area contributed by atoms with Gasteiger partial charge in [0.05, 0.1) is 30.3 Å². The molecule has 0 aliphatic carbocycles. The SMILES string of the molecule is COCCNC(=O)c1ccc2c(=O)n(-c3ccc(OC)cc3)c(SCc3cc(C)ccc3C)nc2c1. The summed E-state index contributed by atoms with van der Waals surface area (Å²) in [7, 11) is 3.19. The van der Waals surface area contributed by atoms with Gasteiger partial charge in [0, 0.05) is 25.0 Å². The second-order valence-electron chi connectivity index (χ2n) is 8.43. The van der Waals surface area contributed by atoms with Crippen molar-refractivity contribution in [1.82, 2.24) is 14.9 Å². The molecule has 3 aromatic carbocycles. The van der Waals surface area contributed by atoms with Gasteiger partial charge in [-0.3, -0.25) is 14.2 Å². The van der Waals surface area contributed by atoms with Gasteiger partial charge in [0.2, 0.25) is 0 Å². The van der Waals surface area contributed by atoms with Gasteiger partial charge in [-0.2, -0.15) is 0 Å². The Morgan fingerprint density at radius 2 is 1.81 bits per heavy atom. The zero-order valence-corrected chi connectivity index (χ0v) is 21.6. The first-order valence-electron chi connectivity index (χ1n) is 11.6. The standard InChI is InChI=1S/C28H29N3O4S/c1-18-5-6-19(2)21(15-18)17-36-28-30-25-16-20(26(32)29-13-14-34-3)7-12-24(25)27(33)31(28)22-8-10-23(35-4)11-9-22/h5-12,15-16H,13-14,17H2,1-4H3,(H,29,32). The molecule has 4 rings (SSSR count). The summed E-state index contributed by atoms with van der Waals surface area (Å²) in [4.78, 5) is 31.1. The van der Waals surface area contributed by atoms with Crippen LogP contribution in [-0.2, 0) is 10.5 Å². The number of thioether (sulfide) groups is 1. The number of nitrogens with zero attached hydrogens (tertiary/aromatic N) is 2. The number of ether oxygens (including phenoxy) is 2. The molecular weight excluding hydrogens is 474 g/mol. The monoisotopic (exact) mass is 503 g/mol. The van der Waals surface area contributed by atoms with E-state index in [1.807, 2.05) is 24.3 Å². The zero-order chi connectivity index (χ0) is 25.7. The van der Waals surface area contributed by atoms with Gasteiger partial charge in [-0.25, -0.2) is 4.98 Å². The number of aromatic nitrogens is 2. The van der Waals surface area contributed by atoms with E-state index in [0.717, 1.165) is 0 Å². The number of hydrogen-bond donors (Lipinski definition) is 1. The second kappa shape index (κ2) is 11.4. The van der Waals surface area contributed by atoms with E-state index in [4.69, 9.17) is 14.5 Å². The molecule has 0 aliphatic rings. The molecule has 0 fully saturated rings. The van der Waals surface area contributed by atoms with Crippen molar-refractivity contribution >= 4 is 28.6 Å². The number of hydrogen-bond acceptors (Lipinski definition) is 6. The molecule has 0 spiro atoms. The van der Waals surface area contributed by atoms with Crippen molar-refractivity contribution in [3.05, 3.63) is 93.3 Å². The van der Waals surface area contributed by atoms with Crippen molar-refractivity contribution in [1.29, 1.82) is 0 Å². The van der Waals surface area contributed by atoms with E-state index in [2.05, 4.69) is 37.4 Å². The Hall–Kier alpha value is -3.62. The lowest BCUT2D eigenvalue weighted by Crippen LogP contribution is -2.27. The summed E-state index contributed by atoms with van der Waals surface area (Å²) in [5.41, 5.74) is 4.97. The number of aryl methyl sites for hydroxylation is 2. The number of carbonyl (C=O) groups excluding carboxylic acids is 1. The predicted octanol–water partition coefficient (Wildman–Crippen LogP) is 4.68. The van der Waals surface area contributed by atoms with Crippen LogP contribution in [0.3, 0.4) is 0 Å². The van der Waals surface area contributed by atoms with E-state index in [0.29, 0.717) is 52.0 Å². The number of carbonyl (C=O) groups is 1. The summed E-state index contributed by atoms with van der Waals surface area (Å²) < 4.78 is 11.9. The van der Waals surface area contributed by atoms with Crippen LogP contribution in [0.15, 0.2) is 70.6 Å². The molecule has 36 heavy (non-hydrogen) atoms. The minimum atomic E-state index is -0.236. The lowest BCUT2D eigenvalue weighted by atomic mass is 10.1. The summed E-state index contributed by atoms with van der Waals surface area (Å²) in [6.07, 6.45) is 0. The number of benzene rings is 3. The molecule has 4 aromatic rings. The summed E-state index contributed by atoms with van der Waals surface area (Å²) in [6.45, 7) is 4.96. The van der Waals surface area contributed by atoms with E-state index in [9.17, 15) is 9.59 Å². The summed E-state index contributed by atoms with van der Waals surface area (Å²) in [5, 5.41) is 3.80. The molecule has 0 saturated heterocycles. The Morgan fingerprint density at radius 1 is 1.03 bits per heavy atom. The Morgan fingerprint density at radius 3 is 2.53 bits per heavy atom. The Labute approximate surface area is 214 Å². The van der Waals surface area contributed by atoms with Crippen molar-refractivity contribution in [2.45, 2.75) is 24.8 Å². The fourth-order valence-electron chi connectivity index (χ4n) is 3.83. The lowest BCUT2D eigenvalue weighted by molar-refractivity contribution is 0.0937. The van der Waals surface area contributed by atoms with Crippen molar-refractivity contribution < 1.29 is 14.3 Å². The molecule has 0 atom stereocenters. The molecule has 8 heteroatoms. The van der Waals surface area contributed by atoms with Crippen LogP contribution >= 0.6 is 11.8 Å². The first-order chi connectivity index (χ1) is 17.4. The largest absolute Gasteiger partial charge is 0.497 e. The molecule has 0 radical (unpaired) electrons. The van der Waals surface area contributed by atoms with E-state index in [-0.39, 0.29) is 11.5 Å². The molecular formula is C28H29N3O4S. The first kappa shape index (κ1) is 25.5. The highest BCUT2D eigenvalue weighted by molar-refractivity contribution is 7.98. The molecule has 186 valence electrons. The van der Waals surface area contributed by atoms with Crippen molar-refractivity contribution in [2.24, 2.45) is 0 Å². The van der Waals surface area contributed by atoms with E-state index in [1.165, 1.54) is 28.5 Å². The number of nitrogens with one attached hydrogen (secondary N) is 1. The molecule has 1 amide bonds. The van der Waals surface area contributed by atoms with Crippen LogP contribution in [0.4, 0.5) is 0 Å². The van der Waals surface area contributed by atoms with Gasteiger partial charge in [-0.05, 0) is 67.4 Å². The minimum Gasteiger partial charge on any atom is -0.497 e. The Kier molecular flexibility index (Phi) is 8.07. The average Bonchev–Trinajstić information content (AvgIpc) is 2.89. The van der Waals surface area contributed by atoms with Gasteiger partial charge < -0.3 is 14.8 Å². The average molecular weight is 504 g/mol. The maximum Gasteiger partial charge on any atom is 0.266 e. The number of fused-ring (bicyclic) bond motifs is 1. The van der Waals surface area contributed by atoms with Gasteiger partial charge in [0.1, 0.15) is 5.75 Å². The highest BCUT2D eigenvalue weighted by atomic mass is 32.2. The van der Waals surface area contributed by atoms with Gasteiger partial charge in [-0.15, -0.1) is 0 Å². The summed E-state index contributed by atoms with van der Waals surface area (Å²) in [6, 6.07) is 18.6. The van der Waals surface area contributed by atoms with Crippen LogP contribution in [-0.4, -0.2) is 42.8 Å². The zero-order valence-electron chi connectivity index (χ0n) is 20.8. The van der Waals surface area contributed by atoms with Crippen LogP contribution in [0.25, 0.3) is 16.6 Å². The molecule has 0 aliphatic heterocycles. The smallest absolute Gasteiger partial charge is 0.266 e. The Balaban J connectivity index is 1.79. The van der Waals surface area contributed by atoms with Crippen LogP contribution in [0, 0.1) is 13.8 Å². The van der Waals surface area contributed by atoms with E-state index < -0.39 is 0 Å². The van der Waals surface area contributed by atoms with Gasteiger partial charge in [0.25, 0.3) is 11.5 Å². The topological polar surface area (TPSA) is 82.5 Å². The lowest BCUT2D eigenvalue weighted by Gasteiger charge is -2.15. The number of amides is 1. The maximum atomic E-state index is 13.7. The highest BCUT2D eigenvalue weighted by Crippen LogP contribution is 2.27. The van der Waals surface area contributed by atoms with Crippen molar-refractivity contribution in [3.63, 3.8) is 0 Å². The number of methoxy groups -OCH3 is 2. The summed E-state index contributed by atoms with van der Waals surface area (Å²) in [5.74, 6) is 1.12. The fraction of sp³-hybridized carbons (Fsp3) is 0.250.